The van der Waals surface area contributed by atoms with Gasteiger partial charge in [0.05, 0.1) is 57.8 Å². The van der Waals surface area contributed by atoms with Crippen LogP contribution in [-0.4, -0.2) is 67.1 Å². The van der Waals surface area contributed by atoms with Gasteiger partial charge in [-0.25, -0.2) is 0 Å². The second-order valence-corrected chi connectivity index (χ2v) is 7.42. The summed E-state index contributed by atoms with van der Waals surface area (Å²) in [4.78, 5) is 26.6. The molecule has 2 fully saturated rings. The second-order valence-electron chi connectivity index (χ2n) is 7.42. The van der Waals surface area contributed by atoms with Crippen LogP contribution in [0.15, 0.2) is 12.2 Å². The Morgan fingerprint density at radius 2 is 1.64 bits per heavy atom. The number of carbonyl (C=O) groups excluding carboxylic acids is 2. The summed E-state index contributed by atoms with van der Waals surface area (Å²) in [6.45, 7) is 4.64. The predicted molar refractivity (Wildman–Crippen MR) is 82.9 cm³/mol. The number of amides is 2. The lowest BCUT2D eigenvalue weighted by Crippen LogP contribution is -2.48. The molecule has 4 atom stereocenters. The average molecular weight is 307 g/mol. The van der Waals surface area contributed by atoms with E-state index in [1.54, 1.807) is 0 Å². The van der Waals surface area contributed by atoms with Gasteiger partial charge in [-0.05, 0) is 12.8 Å². The largest absolute Gasteiger partial charge is 0.365 e. The number of likely N-dealkylation sites (N-methyl/N-ethyl adjacent to an activating group) is 1. The van der Waals surface area contributed by atoms with Crippen LogP contribution in [0.3, 0.4) is 0 Å². The number of fused-ring (bicyclic) bond motifs is 5. The maximum Gasteiger partial charge on any atom is 0.236 e. The molecule has 3 rings (SSSR count). The highest BCUT2D eigenvalue weighted by Crippen LogP contribution is 2.44. The minimum atomic E-state index is -0.266. The zero-order chi connectivity index (χ0) is 15.9. The Morgan fingerprint density at radius 3 is 2.18 bits per heavy atom. The monoisotopic (exact) mass is 307 g/mol. The van der Waals surface area contributed by atoms with Crippen LogP contribution in [0.25, 0.3) is 0 Å². The van der Waals surface area contributed by atoms with Crippen molar-refractivity contribution in [3.63, 3.8) is 0 Å². The number of quaternary nitrogens is 1. The van der Waals surface area contributed by atoms with Gasteiger partial charge < -0.3 is 9.22 Å². The van der Waals surface area contributed by atoms with E-state index < -0.39 is 0 Å². The Hall–Kier alpha value is -1.20. The van der Waals surface area contributed by atoms with Crippen LogP contribution in [0.5, 0.6) is 0 Å². The number of nitrogens with zero attached hydrogens (tertiary/aromatic N) is 2. The molecule has 3 aliphatic heterocycles. The molecule has 3 aliphatic rings. The van der Waals surface area contributed by atoms with E-state index in [4.69, 9.17) is 4.74 Å². The van der Waals surface area contributed by atoms with Crippen molar-refractivity contribution in [1.82, 2.24) is 4.90 Å². The van der Waals surface area contributed by atoms with Gasteiger partial charge in [0.1, 0.15) is 0 Å². The molecular weight excluding hydrogens is 280 g/mol. The maximum atomic E-state index is 12.5. The minimum Gasteiger partial charge on any atom is -0.365 e. The Bertz CT molecular complexity index is 470. The Labute approximate surface area is 132 Å². The van der Waals surface area contributed by atoms with Crippen molar-refractivity contribution in [3.8, 4) is 0 Å². The van der Waals surface area contributed by atoms with Gasteiger partial charge >= 0.3 is 0 Å². The number of hydrogen-bond acceptors (Lipinski definition) is 3. The standard InChI is InChI=1S/C17H27N2O3/c1-4-5-6-10-19(2,3)11-9-18-16(20)14-12-7-8-13(22-12)15(14)17(18)21/h7-8,12-15H,4-6,9-11H2,1-3H3/q+1/t12-,13+,14-,15+. The third kappa shape index (κ3) is 2.61. The molecule has 122 valence electrons. The summed E-state index contributed by atoms with van der Waals surface area (Å²) in [5.74, 6) is -0.586. The smallest absolute Gasteiger partial charge is 0.236 e. The summed E-state index contributed by atoms with van der Waals surface area (Å²) in [7, 11) is 4.35. The Morgan fingerprint density at radius 1 is 1.05 bits per heavy atom. The minimum absolute atomic E-state index is 0.0274. The van der Waals surface area contributed by atoms with Gasteiger partial charge in [0.2, 0.25) is 11.8 Å². The van der Waals surface area contributed by atoms with Gasteiger partial charge in [0, 0.05) is 0 Å². The zero-order valence-electron chi connectivity index (χ0n) is 13.8. The fraction of sp³-hybridized carbons (Fsp3) is 0.765. The van der Waals surface area contributed by atoms with E-state index in [0.29, 0.717) is 6.54 Å². The van der Waals surface area contributed by atoms with Crippen molar-refractivity contribution in [2.24, 2.45) is 11.8 Å². The molecule has 0 spiro atoms. The van der Waals surface area contributed by atoms with Crippen LogP contribution in [-0.2, 0) is 14.3 Å². The molecule has 0 N–H and O–H groups in total. The number of imide groups is 1. The summed E-state index contributed by atoms with van der Waals surface area (Å²) in [6, 6.07) is 0. The van der Waals surface area contributed by atoms with Crippen LogP contribution in [0.4, 0.5) is 0 Å². The van der Waals surface area contributed by atoms with E-state index in [1.807, 2.05) is 12.2 Å². The van der Waals surface area contributed by atoms with Crippen molar-refractivity contribution in [1.29, 1.82) is 0 Å². The van der Waals surface area contributed by atoms with E-state index in [9.17, 15) is 9.59 Å². The molecule has 0 saturated carbocycles. The summed E-state index contributed by atoms with van der Waals surface area (Å²) in [5.41, 5.74) is 0. The molecule has 0 aromatic rings. The average Bonchev–Trinajstić information content (AvgIpc) is 3.12. The van der Waals surface area contributed by atoms with Crippen molar-refractivity contribution < 1.29 is 18.8 Å². The van der Waals surface area contributed by atoms with Gasteiger partial charge in [-0.15, -0.1) is 0 Å². The quantitative estimate of drug-likeness (QED) is 0.307. The lowest BCUT2D eigenvalue weighted by Gasteiger charge is -2.31. The molecule has 0 aromatic heterocycles. The molecule has 2 bridgehead atoms. The van der Waals surface area contributed by atoms with Crippen molar-refractivity contribution in [2.75, 3.05) is 33.7 Å². The van der Waals surface area contributed by atoms with Crippen LogP contribution < -0.4 is 0 Å². The first-order valence-corrected chi connectivity index (χ1v) is 8.45. The lowest BCUT2D eigenvalue weighted by molar-refractivity contribution is -0.889. The highest BCUT2D eigenvalue weighted by atomic mass is 16.5. The first-order valence-electron chi connectivity index (χ1n) is 8.45. The van der Waals surface area contributed by atoms with Crippen LogP contribution in [0.2, 0.25) is 0 Å². The van der Waals surface area contributed by atoms with Crippen LogP contribution in [0, 0.1) is 11.8 Å². The fourth-order valence-electron chi connectivity index (χ4n) is 3.86. The van der Waals surface area contributed by atoms with E-state index >= 15 is 0 Å². The Balaban J connectivity index is 1.58. The van der Waals surface area contributed by atoms with Gasteiger partial charge in [-0.2, -0.15) is 0 Å². The molecule has 0 aromatic carbocycles. The summed E-state index contributed by atoms with van der Waals surface area (Å²) in [5, 5.41) is 0. The molecule has 2 amide bonds. The molecular formula is C17H27N2O3+. The van der Waals surface area contributed by atoms with Gasteiger partial charge in [0.25, 0.3) is 0 Å². The number of ether oxygens (including phenoxy) is 1. The van der Waals surface area contributed by atoms with E-state index in [1.165, 1.54) is 24.2 Å². The van der Waals surface area contributed by atoms with Crippen molar-refractivity contribution in [3.05, 3.63) is 12.2 Å². The second kappa shape index (κ2) is 5.78. The lowest BCUT2D eigenvalue weighted by atomic mass is 9.85. The third-order valence-corrected chi connectivity index (χ3v) is 5.30. The number of carbonyl (C=O) groups is 2. The van der Waals surface area contributed by atoms with Crippen molar-refractivity contribution >= 4 is 11.8 Å². The summed E-state index contributed by atoms with van der Waals surface area (Å²) >= 11 is 0. The van der Waals surface area contributed by atoms with Gasteiger partial charge in [-0.3, -0.25) is 14.5 Å². The van der Waals surface area contributed by atoms with Crippen molar-refractivity contribution in [2.45, 2.75) is 38.4 Å². The highest BCUT2D eigenvalue weighted by Gasteiger charge is 2.60. The molecule has 2 saturated heterocycles. The first kappa shape index (κ1) is 15.7. The normalized spacial score (nSPS) is 33.1. The molecule has 5 nitrogen and oxygen atoms in total. The van der Waals surface area contributed by atoms with Gasteiger partial charge in [0.15, 0.2) is 0 Å². The van der Waals surface area contributed by atoms with Crippen LogP contribution in [0.1, 0.15) is 26.2 Å². The topological polar surface area (TPSA) is 46.6 Å². The molecule has 22 heavy (non-hydrogen) atoms. The molecule has 0 unspecified atom stereocenters. The van der Waals surface area contributed by atoms with E-state index in [0.717, 1.165) is 17.6 Å². The SMILES string of the molecule is CCCCC[N+](C)(C)CCN1C(=O)[C@@H]2[C@H](C1=O)[C@H]1C=C[C@@H]2O1. The third-order valence-electron chi connectivity index (χ3n) is 5.30. The predicted octanol–water partition coefficient (Wildman–Crippen LogP) is 1.19. The van der Waals surface area contributed by atoms with Gasteiger partial charge in [-0.1, -0.05) is 25.5 Å². The van der Waals surface area contributed by atoms with Crippen LogP contribution >= 0.6 is 0 Å². The molecule has 0 aliphatic carbocycles. The first-order chi connectivity index (χ1) is 10.4. The Kier molecular flexibility index (Phi) is 4.12. The summed E-state index contributed by atoms with van der Waals surface area (Å²) in [6.07, 6.45) is 7.16. The molecule has 3 heterocycles. The van der Waals surface area contributed by atoms with E-state index in [-0.39, 0.29) is 35.9 Å². The summed E-state index contributed by atoms with van der Waals surface area (Å²) < 4.78 is 6.51. The molecule has 0 radical (unpaired) electrons. The fourth-order valence-corrected chi connectivity index (χ4v) is 3.86. The number of unbranched alkanes of at least 4 members (excludes halogenated alkanes) is 2. The maximum absolute atomic E-state index is 12.5. The molecule has 5 heteroatoms. The highest BCUT2D eigenvalue weighted by molar-refractivity contribution is 6.06. The zero-order valence-corrected chi connectivity index (χ0v) is 13.8. The number of rotatable bonds is 7. The number of hydrogen-bond donors (Lipinski definition) is 0. The number of likely N-dealkylation sites (tertiary alicyclic amines) is 1. The van der Waals surface area contributed by atoms with E-state index in [2.05, 4.69) is 21.0 Å².